The van der Waals surface area contributed by atoms with Gasteiger partial charge in [0, 0.05) is 4.47 Å². The van der Waals surface area contributed by atoms with Crippen LogP contribution in [0.15, 0.2) is 71.2 Å². The second kappa shape index (κ2) is 8.94. The fourth-order valence-electron chi connectivity index (χ4n) is 3.65. The zero-order valence-corrected chi connectivity index (χ0v) is 19.3. The van der Waals surface area contributed by atoms with Crippen LogP contribution in [0.3, 0.4) is 0 Å². The van der Waals surface area contributed by atoms with Gasteiger partial charge in [-0.2, -0.15) is 5.10 Å². The van der Waals surface area contributed by atoms with Crippen molar-refractivity contribution >= 4 is 38.3 Å². The van der Waals surface area contributed by atoms with Crippen molar-refractivity contribution in [2.24, 2.45) is 0 Å². The quantitative estimate of drug-likeness (QED) is 0.377. The lowest BCUT2D eigenvalue weighted by Gasteiger charge is -2.15. The molecule has 3 aromatic carbocycles. The Hall–Kier alpha value is -3.12. The van der Waals surface area contributed by atoms with Gasteiger partial charge in [0.05, 0.1) is 23.6 Å². The van der Waals surface area contributed by atoms with Gasteiger partial charge < -0.3 is 10.1 Å². The van der Waals surface area contributed by atoms with Crippen molar-refractivity contribution in [2.45, 2.75) is 33.4 Å². The van der Waals surface area contributed by atoms with Crippen molar-refractivity contribution in [3.8, 4) is 5.75 Å². The first-order chi connectivity index (χ1) is 14.9. The number of carbonyl (C=O) groups excluding carboxylic acids is 1. The van der Waals surface area contributed by atoms with Gasteiger partial charge in [0.25, 0.3) is 5.91 Å². The van der Waals surface area contributed by atoms with Crippen LogP contribution in [0.25, 0.3) is 10.8 Å². The summed E-state index contributed by atoms with van der Waals surface area (Å²) < 4.78 is 8.63. The minimum atomic E-state index is -0.644. The number of fused-ring (bicyclic) bond motifs is 1. The molecule has 4 aromatic rings. The van der Waals surface area contributed by atoms with E-state index < -0.39 is 6.10 Å². The number of hydrogen-bond acceptors (Lipinski definition) is 3. The maximum atomic E-state index is 12.8. The number of nitrogens with zero attached hydrogens (tertiary/aromatic N) is 2. The van der Waals surface area contributed by atoms with E-state index in [-0.39, 0.29) is 5.91 Å². The van der Waals surface area contributed by atoms with E-state index in [1.54, 1.807) is 6.92 Å². The SMILES string of the molecule is Cc1nn(Cc2cccc3ccccc23)c(C)c1NC(=O)C(C)Oc1cccc(Br)c1. The summed E-state index contributed by atoms with van der Waals surface area (Å²) in [5.74, 6) is 0.424. The molecule has 4 rings (SSSR count). The highest BCUT2D eigenvalue weighted by Gasteiger charge is 2.20. The van der Waals surface area contributed by atoms with Crippen LogP contribution < -0.4 is 10.1 Å². The number of benzene rings is 3. The van der Waals surface area contributed by atoms with E-state index in [2.05, 4.69) is 56.7 Å². The summed E-state index contributed by atoms with van der Waals surface area (Å²) in [4.78, 5) is 12.8. The molecule has 1 N–H and O–H groups in total. The zero-order valence-electron chi connectivity index (χ0n) is 17.7. The minimum Gasteiger partial charge on any atom is -0.481 e. The highest BCUT2D eigenvalue weighted by Crippen LogP contribution is 2.24. The number of nitrogens with one attached hydrogen (secondary N) is 1. The molecule has 5 nitrogen and oxygen atoms in total. The van der Waals surface area contributed by atoms with Gasteiger partial charge in [0.2, 0.25) is 0 Å². The Labute approximate surface area is 190 Å². The first-order valence-electron chi connectivity index (χ1n) is 10.2. The number of rotatable bonds is 6. The van der Waals surface area contributed by atoms with Crippen LogP contribution in [0.5, 0.6) is 5.75 Å². The molecule has 6 heteroatoms. The van der Waals surface area contributed by atoms with E-state index in [4.69, 9.17) is 4.74 Å². The van der Waals surface area contributed by atoms with E-state index in [0.717, 1.165) is 21.5 Å². The third kappa shape index (κ3) is 4.64. The van der Waals surface area contributed by atoms with Crippen LogP contribution in [-0.2, 0) is 11.3 Å². The lowest BCUT2D eigenvalue weighted by molar-refractivity contribution is -0.122. The van der Waals surface area contributed by atoms with E-state index in [1.807, 2.05) is 54.9 Å². The van der Waals surface area contributed by atoms with E-state index in [1.165, 1.54) is 16.3 Å². The molecule has 1 atom stereocenters. The molecule has 1 aromatic heterocycles. The predicted molar refractivity (Wildman–Crippen MR) is 128 cm³/mol. The Morgan fingerprint density at radius 2 is 1.84 bits per heavy atom. The van der Waals surface area contributed by atoms with Crippen LogP contribution in [-0.4, -0.2) is 21.8 Å². The third-order valence-electron chi connectivity index (χ3n) is 5.31. The Balaban J connectivity index is 1.52. The number of aromatic nitrogens is 2. The number of aryl methyl sites for hydroxylation is 1. The topological polar surface area (TPSA) is 56.2 Å². The second-order valence-electron chi connectivity index (χ2n) is 7.55. The van der Waals surface area contributed by atoms with Gasteiger partial charge in [-0.15, -0.1) is 0 Å². The molecule has 0 aliphatic heterocycles. The van der Waals surface area contributed by atoms with Crippen LogP contribution in [0.1, 0.15) is 23.9 Å². The summed E-state index contributed by atoms with van der Waals surface area (Å²) >= 11 is 3.42. The average molecular weight is 478 g/mol. The van der Waals surface area contributed by atoms with Gasteiger partial charge in [0.1, 0.15) is 5.75 Å². The van der Waals surface area contributed by atoms with Crippen molar-refractivity contribution in [2.75, 3.05) is 5.32 Å². The van der Waals surface area contributed by atoms with Gasteiger partial charge in [-0.05, 0) is 55.3 Å². The van der Waals surface area contributed by atoms with Crippen LogP contribution in [0, 0.1) is 13.8 Å². The first-order valence-corrected chi connectivity index (χ1v) is 11.0. The Morgan fingerprint density at radius 3 is 2.65 bits per heavy atom. The fraction of sp³-hybridized carbons (Fsp3) is 0.200. The highest BCUT2D eigenvalue weighted by molar-refractivity contribution is 9.10. The van der Waals surface area contributed by atoms with Crippen molar-refractivity contribution in [1.29, 1.82) is 0 Å². The summed E-state index contributed by atoms with van der Waals surface area (Å²) in [7, 11) is 0. The maximum absolute atomic E-state index is 12.8. The molecule has 0 fully saturated rings. The first kappa shape index (κ1) is 21.1. The molecule has 0 spiro atoms. The molecule has 0 bridgehead atoms. The summed E-state index contributed by atoms with van der Waals surface area (Å²) in [6.45, 7) is 6.25. The zero-order chi connectivity index (χ0) is 22.0. The summed E-state index contributed by atoms with van der Waals surface area (Å²) in [6.07, 6.45) is -0.644. The van der Waals surface area contributed by atoms with E-state index >= 15 is 0 Å². The summed E-state index contributed by atoms with van der Waals surface area (Å²) in [5.41, 5.74) is 3.61. The Kier molecular flexibility index (Phi) is 6.09. The van der Waals surface area contributed by atoms with Gasteiger partial charge in [0.15, 0.2) is 6.10 Å². The molecular formula is C25H24BrN3O2. The van der Waals surface area contributed by atoms with Crippen LogP contribution >= 0.6 is 15.9 Å². The normalized spacial score (nSPS) is 12.0. The Morgan fingerprint density at radius 1 is 1.10 bits per heavy atom. The molecule has 1 heterocycles. The Bertz CT molecular complexity index is 1240. The van der Waals surface area contributed by atoms with Gasteiger partial charge in [-0.3, -0.25) is 9.48 Å². The highest BCUT2D eigenvalue weighted by atomic mass is 79.9. The van der Waals surface area contributed by atoms with Gasteiger partial charge in [-0.1, -0.05) is 64.5 Å². The number of amides is 1. The van der Waals surface area contributed by atoms with Crippen LogP contribution in [0.4, 0.5) is 5.69 Å². The molecule has 0 radical (unpaired) electrons. The fourth-order valence-corrected chi connectivity index (χ4v) is 4.02. The van der Waals surface area contributed by atoms with Crippen molar-refractivity contribution in [1.82, 2.24) is 9.78 Å². The lowest BCUT2D eigenvalue weighted by Crippen LogP contribution is -2.30. The number of halogens is 1. The predicted octanol–water partition coefficient (Wildman–Crippen LogP) is 5.87. The average Bonchev–Trinajstić information content (AvgIpc) is 3.01. The number of hydrogen-bond donors (Lipinski definition) is 1. The standard InChI is InChI=1S/C25H24BrN3O2/c1-16-24(27-25(30)18(3)31-22-12-7-11-21(26)14-22)17(2)29(28-16)15-20-10-6-9-19-8-4-5-13-23(19)20/h4-14,18H,15H2,1-3H3,(H,27,30). The summed E-state index contributed by atoms with van der Waals surface area (Å²) in [5, 5.41) is 10.1. The lowest BCUT2D eigenvalue weighted by atomic mass is 10.0. The number of carbonyl (C=O) groups is 1. The van der Waals surface area contributed by atoms with E-state index in [9.17, 15) is 4.79 Å². The van der Waals surface area contributed by atoms with E-state index in [0.29, 0.717) is 12.3 Å². The molecule has 1 amide bonds. The van der Waals surface area contributed by atoms with Crippen molar-refractivity contribution < 1.29 is 9.53 Å². The molecule has 0 aliphatic carbocycles. The minimum absolute atomic E-state index is 0.212. The van der Waals surface area contributed by atoms with Crippen molar-refractivity contribution in [3.63, 3.8) is 0 Å². The molecule has 0 aliphatic rings. The largest absolute Gasteiger partial charge is 0.481 e. The van der Waals surface area contributed by atoms with Crippen molar-refractivity contribution in [3.05, 3.63) is 88.2 Å². The molecule has 1 unspecified atom stereocenters. The second-order valence-corrected chi connectivity index (χ2v) is 8.46. The molecule has 158 valence electrons. The summed E-state index contributed by atoms with van der Waals surface area (Å²) in [6, 6.07) is 22.1. The smallest absolute Gasteiger partial charge is 0.265 e. The molecule has 31 heavy (non-hydrogen) atoms. The third-order valence-corrected chi connectivity index (χ3v) is 5.80. The monoisotopic (exact) mass is 477 g/mol. The molecule has 0 saturated heterocycles. The van der Waals surface area contributed by atoms with Gasteiger partial charge >= 0.3 is 0 Å². The maximum Gasteiger partial charge on any atom is 0.265 e. The molecular weight excluding hydrogens is 454 g/mol. The molecule has 0 saturated carbocycles. The van der Waals surface area contributed by atoms with Crippen LogP contribution in [0.2, 0.25) is 0 Å². The number of anilines is 1. The number of ether oxygens (including phenoxy) is 1. The van der Waals surface area contributed by atoms with Gasteiger partial charge in [-0.25, -0.2) is 0 Å².